The van der Waals surface area contributed by atoms with Crippen molar-refractivity contribution in [1.82, 2.24) is 0 Å². The molecule has 1 aliphatic rings. The van der Waals surface area contributed by atoms with Crippen molar-refractivity contribution in [3.05, 3.63) is 53.1 Å². The Morgan fingerprint density at radius 1 is 0.833 bits per heavy atom. The quantitative estimate of drug-likeness (QED) is 0.603. The molecule has 0 spiro atoms. The van der Waals surface area contributed by atoms with Crippen LogP contribution in [-0.2, 0) is 4.74 Å². The fourth-order valence-corrected chi connectivity index (χ4v) is 4.35. The van der Waals surface area contributed by atoms with E-state index in [9.17, 15) is 0 Å². The van der Waals surface area contributed by atoms with E-state index in [1.54, 1.807) is 21.3 Å². The Balaban J connectivity index is 2.15. The van der Waals surface area contributed by atoms with E-state index in [0.717, 1.165) is 40.4 Å². The summed E-state index contributed by atoms with van der Waals surface area (Å²) in [5.74, 6) is 2.88. The maximum Gasteiger partial charge on any atom is 0.221 e. The molecule has 1 unspecified atom stereocenters. The molecule has 30 heavy (non-hydrogen) atoms. The predicted molar refractivity (Wildman–Crippen MR) is 120 cm³/mol. The number of hydrogen-bond donors (Lipinski definition) is 0. The highest BCUT2D eigenvalue weighted by atomic mass is 16.5. The molecule has 5 heteroatoms. The van der Waals surface area contributed by atoms with Gasteiger partial charge in [-0.05, 0) is 55.5 Å². The van der Waals surface area contributed by atoms with Crippen molar-refractivity contribution in [1.29, 1.82) is 0 Å². The highest BCUT2D eigenvalue weighted by Gasteiger charge is 2.38. The SMILES string of the molecule is COc1ccc(C2OC(=NC(C)(C)CC(C)(C)C)c3c(OC)ccc(OC)c32)cc1. The number of benzene rings is 2. The van der Waals surface area contributed by atoms with Gasteiger partial charge in [-0.2, -0.15) is 0 Å². The average molecular weight is 412 g/mol. The number of fused-ring (bicyclic) bond motifs is 1. The van der Waals surface area contributed by atoms with Crippen molar-refractivity contribution in [3.8, 4) is 17.2 Å². The summed E-state index contributed by atoms with van der Waals surface area (Å²) in [6.07, 6.45) is 0.585. The number of rotatable bonds is 6. The number of hydrogen-bond acceptors (Lipinski definition) is 5. The van der Waals surface area contributed by atoms with Crippen LogP contribution in [0.2, 0.25) is 0 Å². The van der Waals surface area contributed by atoms with Crippen molar-refractivity contribution in [2.75, 3.05) is 21.3 Å². The third kappa shape index (κ3) is 4.55. The first kappa shape index (κ1) is 22.0. The van der Waals surface area contributed by atoms with Crippen LogP contribution in [0.25, 0.3) is 0 Å². The number of methoxy groups -OCH3 is 3. The van der Waals surface area contributed by atoms with E-state index in [0.29, 0.717) is 5.90 Å². The van der Waals surface area contributed by atoms with Gasteiger partial charge < -0.3 is 18.9 Å². The van der Waals surface area contributed by atoms with Crippen LogP contribution in [0.1, 0.15) is 63.8 Å². The maximum absolute atomic E-state index is 6.48. The molecule has 2 aromatic rings. The molecule has 1 heterocycles. The lowest BCUT2D eigenvalue weighted by molar-refractivity contribution is 0.235. The molecular weight excluding hydrogens is 378 g/mol. The molecule has 0 amide bonds. The Kier molecular flexibility index (Phi) is 6.02. The molecule has 2 aromatic carbocycles. The van der Waals surface area contributed by atoms with Gasteiger partial charge in [0.25, 0.3) is 0 Å². The van der Waals surface area contributed by atoms with Crippen molar-refractivity contribution in [3.63, 3.8) is 0 Å². The molecular formula is C25H33NO4. The molecule has 5 nitrogen and oxygen atoms in total. The molecule has 0 saturated carbocycles. The smallest absolute Gasteiger partial charge is 0.221 e. The van der Waals surface area contributed by atoms with Gasteiger partial charge in [-0.25, -0.2) is 4.99 Å². The first-order chi connectivity index (χ1) is 14.1. The number of aliphatic imine (C=N–C) groups is 1. The molecule has 162 valence electrons. The topological polar surface area (TPSA) is 49.3 Å². The summed E-state index contributed by atoms with van der Waals surface area (Å²) in [7, 11) is 5.00. The standard InChI is InChI=1S/C25H33NO4/c1-24(2,3)15-25(4,5)26-23-21-19(29-8)14-13-18(28-7)20(21)22(30-23)16-9-11-17(27-6)12-10-16/h9-14,22H,15H2,1-8H3. The lowest BCUT2D eigenvalue weighted by Gasteiger charge is -2.29. The van der Waals surface area contributed by atoms with Crippen LogP contribution >= 0.6 is 0 Å². The van der Waals surface area contributed by atoms with Gasteiger partial charge in [0.05, 0.1) is 38.0 Å². The minimum absolute atomic E-state index is 0.142. The summed E-state index contributed by atoms with van der Waals surface area (Å²) in [4.78, 5) is 5.06. The third-order valence-electron chi connectivity index (χ3n) is 5.10. The first-order valence-electron chi connectivity index (χ1n) is 10.2. The van der Waals surface area contributed by atoms with Gasteiger partial charge in [0.1, 0.15) is 17.2 Å². The minimum atomic E-state index is -0.333. The lowest BCUT2D eigenvalue weighted by atomic mass is 9.82. The van der Waals surface area contributed by atoms with Crippen LogP contribution in [0.3, 0.4) is 0 Å². The number of nitrogens with zero attached hydrogens (tertiary/aromatic N) is 1. The number of ether oxygens (including phenoxy) is 4. The van der Waals surface area contributed by atoms with Gasteiger partial charge in [0.2, 0.25) is 5.90 Å². The second-order valence-electron chi connectivity index (χ2n) is 9.50. The Hall–Kier alpha value is -2.69. The van der Waals surface area contributed by atoms with Gasteiger partial charge in [0, 0.05) is 0 Å². The Labute approximate surface area is 180 Å². The van der Waals surface area contributed by atoms with E-state index in [-0.39, 0.29) is 17.1 Å². The van der Waals surface area contributed by atoms with Crippen LogP contribution in [-0.4, -0.2) is 32.8 Å². The second kappa shape index (κ2) is 8.21. The molecule has 0 saturated heterocycles. The zero-order chi connectivity index (χ0) is 22.1. The van der Waals surface area contributed by atoms with E-state index in [1.165, 1.54) is 0 Å². The van der Waals surface area contributed by atoms with Crippen molar-refractivity contribution >= 4 is 5.90 Å². The average Bonchev–Trinajstić information content (AvgIpc) is 3.04. The van der Waals surface area contributed by atoms with E-state index < -0.39 is 0 Å². The second-order valence-corrected chi connectivity index (χ2v) is 9.50. The van der Waals surface area contributed by atoms with Crippen LogP contribution in [0.5, 0.6) is 17.2 Å². The normalized spacial score (nSPS) is 17.5. The Bertz CT molecular complexity index is 923. The molecule has 1 atom stereocenters. The zero-order valence-corrected chi connectivity index (χ0v) is 19.3. The monoisotopic (exact) mass is 411 g/mol. The molecule has 0 aliphatic carbocycles. The maximum atomic E-state index is 6.48. The van der Waals surface area contributed by atoms with E-state index in [4.69, 9.17) is 23.9 Å². The molecule has 0 bridgehead atoms. The molecule has 1 aliphatic heterocycles. The van der Waals surface area contributed by atoms with Crippen LogP contribution in [0.15, 0.2) is 41.4 Å². The lowest BCUT2D eigenvalue weighted by Crippen LogP contribution is -2.26. The van der Waals surface area contributed by atoms with Crippen molar-refractivity contribution in [2.24, 2.45) is 10.4 Å². The largest absolute Gasteiger partial charge is 0.497 e. The predicted octanol–water partition coefficient (Wildman–Crippen LogP) is 5.79. The summed E-state index contributed by atoms with van der Waals surface area (Å²) in [5, 5.41) is 0. The molecule has 0 radical (unpaired) electrons. The highest BCUT2D eigenvalue weighted by molar-refractivity contribution is 6.02. The van der Waals surface area contributed by atoms with Crippen LogP contribution < -0.4 is 14.2 Å². The fourth-order valence-electron chi connectivity index (χ4n) is 4.35. The molecule has 0 aromatic heterocycles. The minimum Gasteiger partial charge on any atom is -0.497 e. The third-order valence-corrected chi connectivity index (χ3v) is 5.10. The van der Waals surface area contributed by atoms with Crippen molar-refractivity contribution < 1.29 is 18.9 Å². The Morgan fingerprint density at radius 3 is 1.97 bits per heavy atom. The summed E-state index contributed by atoms with van der Waals surface area (Å²) in [5.41, 5.74) is 2.64. The van der Waals surface area contributed by atoms with E-state index >= 15 is 0 Å². The molecule has 0 fully saturated rings. The summed E-state index contributed by atoms with van der Waals surface area (Å²) >= 11 is 0. The summed E-state index contributed by atoms with van der Waals surface area (Å²) in [6.45, 7) is 11.0. The van der Waals surface area contributed by atoms with Gasteiger partial charge in [-0.1, -0.05) is 32.9 Å². The van der Waals surface area contributed by atoms with Gasteiger partial charge >= 0.3 is 0 Å². The van der Waals surface area contributed by atoms with Gasteiger partial charge in [0.15, 0.2) is 6.10 Å². The van der Waals surface area contributed by atoms with Gasteiger partial charge in [-0.15, -0.1) is 0 Å². The van der Waals surface area contributed by atoms with Crippen LogP contribution in [0, 0.1) is 5.41 Å². The van der Waals surface area contributed by atoms with Crippen LogP contribution in [0.4, 0.5) is 0 Å². The highest BCUT2D eigenvalue weighted by Crippen LogP contribution is 2.46. The van der Waals surface area contributed by atoms with Gasteiger partial charge in [-0.3, -0.25) is 0 Å². The Morgan fingerprint density at radius 2 is 1.43 bits per heavy atom. The summed E-state index contributed by atoms with van der Waals surface area (Å²) < 4.78 is 23.2. The van der Waals surface area contributed by atoms with Crippen molar-refractivity contribution in [2.45, 2.75) is 52.7 Å². The van der Waals surface area contributed by atoms with E-state index in [1.807, 2.05) is 36.4 Å². The summed E-state index contributed by atoms with van der Waals surface area (Å²) in [6, 6.07) is 11.7. The van der Waals surface area contributed by atoms with E-state index in [2.05, 4.69) is 34.6 Å². The molecule has 0 N–H and O–H groups in total. The fraction of sp³-hybridized carbons (Fsp3) is 0.480. The first-order valence-corrected chi connectivity index (χ1v) is 10.2. The zero-order valence-electron chi connectivity index (χ0n) is 19.3. The molecule has 3 rings (SSSR count).